The third kappa shape index (κ3) is 3.73. The standard InChI is InChI=1S/C13H18O/c1-2-3-4-6-12-7-5-8-13(11-14)10-9-12/h7-11H,2-6H2,1H3. The van der Waals surface area contributed by atoms with Crippen LogP contribution in [-0.4, -0.2) is 6.29 Å². The first kappa shape index (κ1) is 11.0. The van der Waals surface area contributed by atoms with E-state index in [-0.39, 0.29) is 0 Å². The van der Waals surface area contributed by atoms with E-state index in [1.54, 1.807) is 0 Å². The van der Waals surface area contributed by atoms with Gasteiger partial charge < -0.3 is 0 Å². The molecule has 1 aliphatic rings. The van der Waals surface area contributed by atoms with Crippen molar-refractivity contribution in [3.63, 3.8) is 0 Å². The van der Waals surface area contributed by atoms with Crippen LogP contribution in [0.5, 0.6) is 0 Å². The molecule has 0 spiro atoms. The second kappa shape index (κ2) is 6.36. The minimum atomic E-state index is 0.798. The fourth-order valence-electron chi connectivity index (χ4n) is 1.54. The molecule has 0 aromatic rings. The second-order valence-electron chi connectivity index (χ2n) is 3.63. The summed E-state index contributed by atoms with van der Waals surface area (Å²) >= 11 is 0. The van der Waals surface area contributed by atoms with E-state index in [0.717, 1.165) is 24.7 Å². The van der Waals surface area contributed by atoms with Crippen molar-refractivity contribution >= 4 is 6.29 Å². The number of hydrogen-bond acceptors (Lipinski definition) is 1. The summed E-state index contributed by atoms with van der Waals surface area (Å²) in [5.41, 5.74) is 2.17. The van der Waals surface area contributed by atoms with E-state index in [4.69, 9.17) is 0 Å². The molecule has 0 aromatic heterocycles. The molecule has 0 atom stereocenters. The molecule has 1 aliphatic carbocycles. The molecule has 0 N–H and O–H groups in total. The van der Waals surface area contributed by atoms with Crippen molar-refractivity contribution in [2.45, 2.75) is 39.0 Å². The predicted octanol–water partition coefficient (Wildman–Crippen LogP) is 3.58. The van der Waals surface area contributed by atoms with Gasteiger partial charge >= 0.3 is 0 Å². The van der Waals surface area contributed by atoms with Gasteiger partial charge in [0, 0.05) is 5.57 Å². The van der Waals surface area contributed by atoms with E-state index >= 15 is 0 Å². The van der Waals surface area contributed by atoms with Crippen LogP contribution in [0.2, 0.25) is 0 Å². The molecule has 0 radical (unpaired) electrons. The summed E-state index contributed by atoms with van der Waals surface area (Å²) in [5, 5.41) is 0. The summed E-state index contributed by atoms with van der Waals surface area (Å²) in [6.45, 7) is 2.21. The second-order valence-corrected chi connectivity index (χ2v) is 3.63. The number of aldehydes is 1. The number of unbranched alkanes of at least 4 members (excludes halogenated alkanes) is 2. The van der Waals surface area contributed by atoms with Crippen LogP contribution in [0.4, 0.5) is 0 Å². The average molecular weight is 190 g/mol. The van der Waals surface area contributed by atoms with Crippen molar-refractivity contribution in [1.29, 1.82) is 0 Å². The third-order valence-electron chi connectivity index (χ3n) is 2.43. The van der Waals surface area contributed by atoms with Crippen molar-refractivity contribution in [1.82, 2.24) is 0 Å². The molecular formula is C13H18O. The minimum Gasteiger partial charge on any atom is -0.298 e. The van der Waals surface area contributed by atoms with Crippen LogP contribution in [0.1, 0.15) is 39.0 Å². The fourth-order valence-corrected chi connectivity index (χ4v) is 1.54. The molecule has 0 unspecified atom stereocenters. The van der Waals surface area contributed by atoms with Crippen LogP contribution >= 0.6 is 0 Å². The maximum atomic E-state index is 10.5. The molecule has 14 heavy (non-hydrogen) atoms. The zero-order valence-corrected chi connectivity index (χ0v) is 8.83. The molecule has 0 saturated carbocycles. The Morgan fingerprint density at radius 1 is 1.29 bits per heavy atom. The number of hydrogen-bond donors (Lipinski definition) is 0. The van der Waals surface area contributed by atoms with Gasteiger partial charge in [0.2, 0.25) is 0 Å². The van der Waals surface area contributed by atoms with E-state index in [0.29, 0.717) is 0 Å². The van der Waals surface area contributed by atoms with Gasteiger partial charge in [-0.2, -0.15) is 0 Å². The van der Waals surface area contributed by atoms with Gasteiger partial charge in [0.05, 0.1) is 0 Å². The van der Waals surface area contributed by atoms with E-state index in [1.807, 2.05) is 12.2 Å². The number of rotatable bonds is 5. The smallest absolute Gasteiger partial charge is 0.149 e. The number of allylic oxidation sites excluding steroid dienone is 6. The lowest BCUT2D eigenvalue weighted by molar-refractivity contribution is -0.104. The summed E-state index contributed by atoms with van der Waals surface area (Å²) in [7, 11) is 0. The van der Waals surface area contributed by atoms with Crippen LogP contribution in [0, 0.1) is 0 Å². The quantitative estimate of drug-likeness (QED) is 0.478. The Bertz CT molecular complexity index is 269. The molecule has 0 aliphatic heterocycles. The van der Waals surface area contributed by atoms with Crippen LogP contribution in [0.15, 0.2) is 35.5 Å². The lowest BCUT2D eigenvalue weighted by Crippen LogP contribution is -1.80. The monoisotopic (exact) mass is 190 g/mol. The Labute approximate surface area is 86.2 Å². The normalized spacial score (nSPS) is 15.8. The molecular weight excluding hydrogens is 172 g/mol. The summed E-state index contributed by atoms with van der Waals surface area (Å²) < 4.78 is 0. The molecule has 1 nitrogen and oxygen atoms in total. The average Bonchev–Trinajstić information content (AvgIpc) is 2.43. The topological polar surface area (TPSA) is 17.1 Å². The summed E-state index contributed by atoms with van der Waals surface area (Å²) in [6, 6.07) is 0. The highest BCUT2D eigenvalue weighted by molar-refractivity contribution is 5.77. The number of carbonyl (C=O) groups excluding carboxylic acids is 1. The highest BCUT2D eigenvalue weighted by Gasteiger charge is 1.97. The van der Waals surface area contributed by atoms with Gasteiger partial charge in [-0.15, -0.1) is 0 Å². The molecule has 0 fully saturated rings. The Morgan fingerprint density at radius 3 is 2.86 bits per heavy atom. The summed E-state index contributed by atoms with van der Waals surface area (Å²) in [5.74, 6) is 0. The molecule has 0 bridgehead atoms. The van der Waals surface area contributed by atoms with Crippen molar-refractivity contribution in [2.75, 3.05) is 0 Å². The molecule has 0 amide bonds. The van der Waals surface area contributed by atoms with Gasteiger partial charge in [0.15, 0.2) is 0 Å². The van der Waals surface area contributed by atoms with E-state index < -0.39 is 0 Å². The van der Waals surface area contributed by atoms with Gasteiger partial charge in [0.25, 0.3) is 0 Å². The minimum absolute atomic E-state index is 0.798. The van der Waals surface area contributed by atoms with Crippen LogP contribution in [0.25, 0.3) is 0 Å². The zero-order chi connectivity index (χ0) is 10.2. The SMILES string of the molecule is CCCCCC1=CCC=C(C=O)C=C1. The molecule has 1 heteroatoms. The van der Waals surface area contributed by atoms with E-state index in [9.17, 15) is 4.79 Å². The Morgan fingerprint density at radius 2 is 2.14 bits per heavy atom. The largest absolute Gasteiger partial charge is 0.298 e. The van der Waals surface area contributed by atoms with Crippen LogP contribution < -0.4 is 0 Å². The molecule has 0 saturated heterocycles. The van der Waals surface area contributed by atoms with E-state index in [1.165, 1.54) is 24.8 Å². The van der Waals surface area contributed by atoms with Crippen molar-refractivity contribution in [3.05, 3.63) is 35.5 Å². The van der Waals surface area contributed by atoms with Gasteiger partial charge in [-0.05, 0) is 19.3 Å². The first-order valence-electron chi connectivity index (χ1n) is 5.39. The van der Waals surface area contributed by atoms with Crippen LogP contribution in [0.3, 0.4) is 0 Å². The molecule has 0 aromatic carbocycles. The van der Waals surface area contributed by atoms with Gasteiger partial charge in [-0.25, -0.2) is 0 Å². The zero-order valence-electron chi connectivity index (χ0n) is 8.83. The molecule has 1 rings (SSSR count). The van der Waals surface area contributed by atoms with Crippen molar-refractivity contribution in [2.24, 2.45) is 0 Å². The summed E-state index contributed by atoms with van der Waals surface area (Å²) in [6.07, 6.45) is 14.9. The fraction of sp³-hybridized carbons (Fsp3) is 0.462. The van der Waals surface area contributed by atoms with Gasteiger partial charge in [-0.3, -0.25) is 4.79 Å². The van der Waals surface area contributed by atoms with E-state index in [2.05, 4.69) is 19.1 Å². The van der Waals surface area contributed by atoms with Gasteiger partial charge in [-0.1, -0.05) is 49.6 Å². The summed E-state index contributed by atoms with van der Waals surface area (Å²) in [4.78, 5) is 10.5. The maximum Gasteiger partial charge on any atom is 0.149 e. The number of carbonyl (C=O) groups is 1. The highest BCUT2D eigenvalue weighted by Crippen LogP contribution is 2.15. The Kier molecular flexibility index (Phi) is 4.98. The third-order valence-corrected chi connectivity index (χ3v) is 2.43. The molecule has 0 heterocycles. The Balaban J connectivity index is 2.42. The van der Waals surface area contributed by atoms with Crippen molar-refractivity contribution < 1.29 is 4.79 Å². The van der Waals surface area contributed by atoms with Gasteiger partial charge in [0.1, 0.15) is 6.29 Å². The maximum absolute atomic E-state index is 10.5. The first-order chi connectivity index (χ1) is 6.86. The van der Waals surface area contributed by atoms with Crippen LogP contribution in [-0.2, 0) is 4.79 Å². The predicted molar refractivity (Wildman–Crippen MR) is 60.1 cm³/mol. The lowest BCUT2D eigenvalue weighted by atomic mass is 10.1. The highest BCUT2D eigenvalue weighted by atomic mass is 16.1. The first-order valence-corrected chi connectivity index (χ1v) is 5.39. The Hall–Kier alpha value is -1.11. The lowest BCUT2D eigenvalue weighted by Gasteiger charge is -1.99. The molecule has 76 valence electrons. The van der Waals surface area contributed by atoms with Crippen molar-refractivity contribution in [3.8, 4) is 0 Å².